The SMILES string of the molecule is Cc1nn(-c2ccccc2)c(C)c1CNC(=O)N[C@H](C)c1ccccn1. The van der Waals surface area contributed by atoms with E-state index in [-0.39, 0.29) is 12.1 Å². The van der Waals surface area contributed by atoms with E-state index in [2.05, 4.69) is 20.7 Å². The second-order valence-electron chi connectivity index (χ2n) is 6.20. The standard InChI is InChI=1S/C20H23N5O/c1-14-18(16(3)25(24-14)17-9-5-4-6-10-17)13-22-20(26)23-15(2)19-11-7-8-12-21-19/h4-12,15H,13H2,1-3H3,(H2,22,23,26)/t15-/m1/s1. The van der Waals surface area contributed by atoms with Crippen molar-refractivity contribution >= 4 is 6.03 Å². The number of benzene rings is 1. The molecule has 26 heavy (non-hydrogen) atoms. The first kappa shape index (κ1) is 17.7. The average molecular weight is 349 g/mol. The Hall–Kier alpha value is -3.15. The zero-order chi connectivity index (χ0) is 18.5. The lowest BCUT2D eigenvalue weighted by atomic mass is 10.2. The van der Waals surface area contributed by atoms with E-state index in [0.29, 0.717) is 6.54 Å². The van der Waals surface area contributed by atoms with Crippen LogP contribution in [0, 0.1) is 13.8 Å². The Kier molecular flexibility index (Phi) is 5.31. The van der Waals surface area contributed by atoms with Gasteiger partial charge in [0, 0.05) is 24.0 Å². The molecule has 2 heterocycles. The van der Waals surface area contributed by atoms with Crippen LogP contribution in [0.25, 0.3) is 5.69 Å². The van der Waals surface area contributed by atoms with E-state index in [9.17, 15) is 4.79 Å². The molecule has 0 aliphatic heterocycles. The number of aromatic nitrogens is 3. The number of para-hydroxylation sites is 1. The molecule has 2 N–H and O–H groups in total. The number of nitrogens with one attached hydrogen (secondary N) is 2. The van der Waals surface area contributed by atoms with Crippen molar-refractivity contribution in [2.75, 3.05) is 0 Å². The van der Waals surface area contributed by atoms with Crippen molar-refractivity contribution in [1.29, 1.82) is 0 Å². The summed E-state index contributed by atoms with van der Waals surface area (Å²) in [4.78, 5) is 16.5. The van der Waals surface area contributed by atoms with Crippen LogP contribution >= 0.6 is 0 Å². The molecule has 134 valence electrons. The van der Waals surface area contributed by atoms with Crippen molar-refractivity contribution in [3.8, 4) is 5.69 Å². The highest BCUT2D eigenvalue weighted by Crippen LogP contribution is 2.17. The number of urea groups is 1. The predicted molar refractivity (Wildman–Crippen MR) is 101 cm³/mol. The van der Waals surface area contributed by atoms with E-state index in [1.54, 1.807) is 6.20 Å². The van der Waals surface area contributed by atoms with Crippen LogP contribution in [0.4, 0.5) is 4.79 Å². The molecule has 0 radical (unpaired) electrons. The molecule has 0 saturated carbocycles. The number of pyridine rings is 1. The van der Waals surface area contributed by atoms with Gasteiger partial charge in [0.2, 0.25) is 0 Å². The van der Waals surface area contributed by atoms with Gasteiger partial charge in [-0.3, -0.25) is 4.98 Å². The zero-order valence-electron chi connectivity index (χ0n) is 15.2. The Balaban J connectivity index is 1.65. The Labute approximate surface area is 153 Å². The van der Waals surface area contributed by atoms with Crippen molar-refractivity contribution < 1.29 is 4.79 Å². The minimum absolute atomic E-state index is 0.162. The highest BCUT2D eigenvalue weighted by atomic mass is 16.2. The molecule has 6 heteroatoms. The Morgan fingerprint density at radius 3 is 2.54 bits per heavy atom. The second-order valence-corrected chi connectivity index (χ2v) is 6.20. The summed E-state index contributed by atoms with van der Waals surface area (Å²) in [6.07, 6.45) is 1.72. The summed E-state index contributed by atoms with van der Waals surface area (Å²) in [6, 6.07) is 15.2. The van der Waals surface area contributed by atoms with E-state index in [1.165, 1.54) is 0 Å². The van der Waals surface area contributed by atoms with Gasteiger partial charge < -0.3 is 10.6 Å². The summed E-state index contributed by atoms with van der Waals surface area (Å²) in [5.74, 6) is 0. The van der Waals surface area contributed by atoms with E-state index in [0.717, 1.165) is 28.3 Å². The zero-order valence-corrected chi connectivity index (χ0v) is 15.2. The summed E-state index contributed by atoms with van der Waals surface area (Å²) in [7, 11) is 0. The summed E-state index contributed by atoms with van der Waals surface area (Å²) in [6.45, 7) is 6.30. The van der Waals surface area contributed by atoms with Crippen LogP contribution in [0.2, 0.25) is 0 Å². The first-order valence-corrected chi connectivity index (χ1v) is 8.62. The largest absolute Gasteiger partial charge is 0.334 e. The summed E-state index contributed by atoms with van der Waals surface area (Å²) in [5.41, 5.74) is 4.78. The Morgan fingerprint density at radius 2 is 1.85 bits per heavy atom. The van der Waals surface area contributed by atoms with Gasteiger partial charge in [0.1, 0.15) is 0 Å². The lowest BCUT2D eigenvalue weighted by molar-refractivity contribution is 0.237. The molecule has 0 aliphatic rings. The summed E-state index contributed by atoms with van der Waals surface area (Å²) >= 11 is 0. The Morgan fingerprint density at radius 1 is 1.12 bits per heavy atom. The minimum Gasteiger partial charge on any atom is -0.334 e. The summed E-state index contributed by atoms with van der Waals surface area (Å²) < 4.78 is 1.90. The molecular weight excluding hydrogens is 326 g/mol. The molecule has 0 saturated heterocycles. The second kappa shape index (κ2) is 7.82. The van der Waals surface area contributed by atoms with Gasteiger partial charge in [0.05, 0.1) is 23.1 Å². The molecule has 0 fully saturated rings. The van der Waals surface area contributed by atoms with E-state index in [4.69, 9.17) is 0 Å². The number of amides is 2. The molecule has 2 aromatic heterocycles. The fourth-order valence-corrected chi connectivity index (χ4v) is 2.87. The lowest BCUT2D eigenvalue weighted by Crippen LogP contribution is -2.37. The average Bonchev–Trinajstić information content (AvgIpc) is 2.95. The van der Waals surface area contributed by atoms with Crippen LogP contribution in [-0.4, -0.2) is 20.8 Å². The van der Waals surface area contributed by atoms with Crippen molar-refractivity contribution in [2.45, 2.75) is 33.4 Å². The van der Waals surface area contributed by atoms with Gasteiger partial charge in [0.15, 0.2) is 0 Å². The van der Waals surface area contributed by atoms with Crippen LogP contribution in [-0.2, 0) is 6.54 Å². The number of rotatable bonds is 5. The molecule has 6 nitrogen and oxygen atoms in total. The van der Waals surface area contributed by atoms with Gasteiger partial charge in [-0.1, -0.05) is 24.3 Å². The number of hydrogen-bond acceptors (Lipinski definition) is 3. The van der Waals surface area contributed by atoms with Gasteiger partial charge in [-0.15, -0.1) is 0 Å². The fraction of sp³-hybridized carbons (Fsp3) is 0.250. The maximum absolute atomic E-state index is 12.2. The summed E-state index contributed by atoms with van der Waals surface area (Å²) in [5, 5.41) is 10.4. The number of hydrogen-bond donors (Lipinski definition) is 2. The lowest BCUT2D eigenvalue weighted by Gasteiger charge is -2.14. The third-order valence-electron chi connectivity index (χ3n) is 4.35. The molecule has 1 atom stereocenters. The van der Waals surface area contributed by atoms with Gasteiger partial charge in [-0.2, -0.15) is 5.10 Å². The minimum atomic E-state index is -0.227. The molecule has 1 aromatic carbocycles. The number of carbonyl (C=O) groups is 1. The van der Waals surface area contributed by atoms with Crippen molar-refractivity contribution in [3.63, 3.8) is 0 Å². The maximum atomic E-state index is 12.2. The molecule has 2 amide bonds. The van der Waals surface area contributed by atoms with E-state index >= 15 is 0 Å². The monoisotopic (exact) mass is 349 g/mol. The first-order valence-electron chi connectivity index (χ1n) is 8.62. The highest BCUT2D eigenvalue weighted by molar-refractivity contribution is 5.74. The number of nitrogens with zero attached hydrogens (tertiary/aromatic N) is 3. The Bertz CT molecular complexity index is 874. The van der Waals surface area contributed by atoms with E-state index < -0.39 is 0 Å². The fourth-order valence-electron chi connectivity index (χ4n) is 2.87. The van der Waals surface area contributed by atoms with Gasteiger partial charge in [-0.25, -0.2) is 9.48 Å². The molecule has 0 aliphatic carbocycles. The van der Waals surface area contributed by atoms with Crippen LogP contribution in [0.3, 0.4) is 0 Å². The van der Waals surface area contributed by atoms with Crippen molar-refractivity contribution in [2.24, 2.45) is 0 Å². The van der Waals surface area contributed by atoms with Crippen LogP contribution < -0.4 is 10.6 Å². The van der Waals surface area contributed by atoms with Gasteiger partial charge in [-0.05, 0) is 45.0 Å². The van der Waals surface area contributed by atoms with Crippen LogP contribution in [0.15, 0.2) is 54.7 Å². The quantitative estimate of drug-likeness (QED) is 0.741. The molecular formula is C20H23N5O. The van der Waals surface area contributed by atoms with Crippen molar-refractivity contribution in [1.82, 2.24) is 25.4 Å². The third kappa shape index (κ3) is 3.91. The van der Waals surface area contributed by atoms with Crippen LogP contribution in [0.1, 0.15) is 35.6 Å². The molecule has 3 aromatic rings. The normalized spacial score (nSPS) is 11.8. The van der Waals surface area contributed by atoms with Crippen LogP contribution in [0.5, 0.6) is 0 Å². The van der Waals surface area contributed by atoms with Crippen molar-refractivity contribution in [3.05, 3.63) is 77.4 Å². The number of aryl methyl sites for hydroxylation is 1. The van der Waals surface area contributed by atoms with E-state index in [1.807, 2.05) is 74.0 Å². The maximum Gasteiger partial charge on any atom is 0.315 e. The highest BCUT2D eigenvalue weighted by Gasteiger charge is 2.15. The smallest absolute Gasteiger partial charge is 0.315 e. The molecule has 3 rings (SSSR count). The predicted octanol–water partition coefficient (Wildman–Crippen LogP) is 3.44. The molecule has 0 spiro atoms. The molecule has 0 bridgehead atoms. The first-order chi connectivity index (χ1) is 12.6. The number of carbonyl (C=O) groups excluding carboxylic acids is 1. The third-order valence-corrected chi connectivity index (χ3v) is 4.35. The van der Waals surface area contributed by atoms with Gasteiger partial charge in [0.25, 0.3) is 0 Å². The molecule has 0 unspecified atom stereocenters. The topological polar surface area (TPSA) is 71.8 Å². The van der Waals surface area contributed by atoms with Gasteiger partial charge >= 0.3 is 6.03 Å².